The Balaban J connectivity index is 2.80. The van der Waals surface area contributed by atoms with Gasteiger partial charge in [-0.15, -0.1) is 0 Å². The Morgan fingerprint density at radius 1 is 1.18 bits per heavy atom. The second-order valence-electron chi connectivity index (χ2n) is 2.85. The van der Waals surface area contributed by atoms with E-state index in [9.17, 15) is 0 Å². The smallest absolute Gasteiger partial charge is 0.00662 e. The largest absolute Gasteiger partial charge is 0.309 e. The van der Waals surface area contributed by atoms with E-state index in [0.717, 1.165) is 5.75 Å². The van der Waals surface area contributed by atoms with Crippen LogP contribution in [0.5, 0.6) is 0 Å². The third-order valence-corrected chi connectivity index (χ3v) is 2.74. The van der Waals surface area contributed by atoms with Crippen LogP contribution in [0.2, 0.25) is 0 Å². The van der Waals surface area contributed by atoms with Gasteiger partial charge < -0.3 is 4.90 Å². The van der Waals surface area contributed by atoms with E-state index in [1.54, 1.807) is 0 Å². The normalized spacial score (nSPS) is 10.9. The monoisotopic (exact) mass is 193 g/mol. The fourth-order valence-electron chi connectivity index (χ4n) is 0.665. The van der Waals surface area contributed by atoms with E-state index < -0.39 is 0 Å². The minimum Gasteiger partial charge on any atom is -0.309 e. The standard InChI is InChI=1S/C8H19NS2/c1-9(2)5-8-11-7-4-3-6-10/h10H,3-8H2,1-2H3. The lowest BCUT2D eigenvalue weighted by Gasteiger charge is -2.07. The number of rotatable bonds is 7. The molecule has 0 aromatic heterocycles. The lowest BCUT2D eigenvalue weighted by Crippen LogP contribution is -2.14. The van der Waals surface area contributed by atoms with Crippen LogP contribution in [0, 0.1) is 0 Å². The summed E-state index contributed by atoms with van der Waals surface area (Å²) in [7, 11) is 4.24. The molecule has 0 aliphatic carbocycles. The Morgan fingerprint density at radius 2 is 1.91 bits per heavy atom. The topological polar surface area (TPSA) is 3.24 Å². The predicted octanol–water partition coefficient (Wildman–Crippen LogP) is 1.99. The molecule has 0 aromatic carbocycles. The molecule has 0 aliphatic heterocycles. The number of thiol groups is 1. The highest BCUT2D eigenvalue weighted by molar-refractivity contribution is 7.99. The van der Waals surface area contributed by atoms with Crippen molar-refractivity contribution in [3.63, 3.8) is 0 Å². The summed E-state index contributed by atoms with van der Waals surface area (Å²) in [5.41, 5.74) is 0. The van der Waals surface area contributed by atoms with Crippen LogP contribution in [-0.4, -0.2) is 42.8 Å². The Kier molecular flexibility index (Phi) is 9.28. The third kappa shape index (κ3) is 10.7. The van der Waals surface area contributed by atoms with Gasteiger partial charge in [0.25, 0.3) is 0 Å². The highest BCUT2D eigenvalue weighted by Crippen LogP contribution is 2.04. The van der Waals surface area contributed by atoms with E-state index in [0.29, 0.717) is 0 Å². The minimum absolute atomic E-state index is 1.04. The molecule has 0 saturated carbocycles. The van der Waals surface area contributed by atoms with Gasteiger partial charge >= 0.3 is 0 Å². The molecule has 0 radical (unpaired) electrons. The summed E-state index contributed by atoms with van der Waals surface area (Å²) in [5.74, 6) is 3.60. The summed E-state index contributed by atoms with van der Waals surface area (Å²) in [6.07, 6.45) is 2.58. The van der Waals surface area contributed by atoms with Crippen LogP contribution >= 0.6 is 24.4 Å². The van der Waals surface area contributed by atoms with Crippen molar-refractivity contribution in [2.24, 2.45) is 0 Å². The first kappa shape index (κ1) is 11.7. The van der Waals surface area contributed by atoms with Gasteiger partial charge in [0.1, 0.15) is 0 Å². The van der Waals surface area contributed by atoms with Crippen LogP contribution in [0.1, 0.15) is 12.8 Å². The lowest BCUT2D eigenvalue weighted by atomic mass is 10.4. The first-order valence-electron chi connectivity index (χ1n) is 4.10. The van der Waals surface area contributed by atoms with Crippen LogP contribution in [0.3, 0.4) is 0 Å². The maximum Gasteiger partial charge on any atom is 0.00662 e. The summed E-state index contributed by atoms with van der Waals surface area (Å²) in [6, 6.07) is 0. The quantitative estimate of drug-likeness (QED) is 0.486. The molecular weight excluding hydrogens is 174 g/mol. The van der Waals surface area contributed by atoms with E-state index >= 15 is 0 Å². The second kappa shape index (κ2) is 8.75. The molecule has 0 unspecified atom stereocenters. The predicted molar refractivity (Wildman–Crippen MR) is 59.0 cm³/mol. The van der Waals surface area contributed by atoms with Crippen molar-refractivity contribution in [1.29, 1.82) is 0 Å². The van der Waals surface area contributed by atoms with Crippen LogP contribution in [0.4, 0.5) is 0 Å². The molecule has 11 heavy (non-hydrogen) atoms. The van der Waals surface area contributed by atoms with Crippen molar-refractivity contribution in [3.8, 4) is 0 Å². The Morgan fingerprint density at radius 3 is 2.45 bits per heavy atom. The zero-order chi connectivity index (χ0) is 8.53. The second-order valence-corrected chi connectivity index (χ2v) is 4.52. The van der Waals surface area contributed by atoms with Gasteiger partial charge in [-0.05, 0) is 38.4 Å². The molecule has 0 bridgehead atoms. The van der Waals surface area contributed by atoms with Gasteiger partial charge in [-0.2, -0.15) is 24.4 Å². The molecule has 0 amide bonds. The average Bonchev–Trinajstić information content (AvgIpc) is 1.96. The molecule has 0 spiro atoms. The van der Waals surface area contributed by atoms with Crippen molar-refractivity contribution in [3.05, 3.63) is 0 Å². The molecule has 0 aromatic rings. The highest BCUT2D eigenvalue weighted by atomic mass is 32.2. The molecule has 68 valence electrons. The average molecular weight is 193 g/mol. The number of hydrogen-bond acceptors (Lipinski definition) is 3. The lowest BCUT2D eigenvalue weighted by molar-refractivity contribution is 0.437. The Hall–Kier alpha value is 0.660. The summed E-state index contributed by atoms with van der Waals surface area (Å²) in [6.45, 7) is 1.20. The van der Waals surface area contributed by atoms with Crippen LogP contribution in [0.15, 0.2) is 0 Å². The van der Waals surface area contributed by atoms with Crippen molar-refractivity contribution in [2.75, 3.05) is 37.9 Å². The van der Waals surface area contributed by atoms with Crippen molar-refractivity contribution < 1.29 is 0 Å². The minimum atomic E-state index is 1.04. The third-order valence-electron chi connectivity index (χ3n) is 1.38. The summed E-state index contributed by atoms with van der Waals surface area (Å²) >= 11 is 6.21. The molecule has 0 atom stereocenters. The fourth-order valence-corrected chi connectivity index (χ4v) is 2.00. The van der Waals surface area contributed by atoms with E-state index in [1.807, 2.05) is 11.8 Å². The van der Waals surface area contributed by atoms with Gasteiger partial charge in [0.05, 0.1) is 0 Å². The molecule has 0 rings (SSSR count). The van der Waals surface area contributed by atoms with E-state index in [2.05, 4.69) is 31.6 Å². The number of thioether (sulfide) groups is 1. The van der Waals surface area contributed by atoms with E-state index in [1.165, 1.54) is 30.9 Å². The van der Waals surface area contributed by atoms with Crippen LogP contribution < -0.4 is 0 Å². The molecule has 0 saturated heterocycles. The fraction of sp³-hybridized carbons (Fsp3) is 1.00. The molecule has 0 N–H and O–H groups in total. The van der Waals surface area contributed by atoms with Gasteiger partial charge in [-0.1, -0.05) is 0 Å². The van der Waals surface area contributed by atoms with Gasteiger partial charge in [0.2, 0.25) is 0 Å². The molecule has 1 nitrogen and oxygen atoms in total. The van der Waals surface area contributed by atoms with Gasteiger partial charge in [-0.25, -0.2) is 0 Å². The summed E-state index contributed by atoms with van der Waals surface area (Å²) in [4.78, 5) is 2.23. The van der Waals surface area contributed by atoms with Crippen molar-refractivity contribution in [1.82, 2.24) is 4.90 Å². The van der Waals surface area contributed by atoms with Crippen molar-refractivity contribution in [2.45, 2.75) is 12.8 Å². The molecule has 0 heterocycles. The summed E-state index contributed by atoms with van der Waals surface area (Å²) < 4.78 is 0. The number of hydrogen-bond donors (Lipinski definition) is 1. The van der Waals surface area contributed by atoms with E-state index in [-0.39, 0.29) is 0 Å². The van der Waals surface area contributed by atoms with E-state index in [4.69, 9.17) is 0 Å². The SMILES string of the molecule is CN(C)CCSCCCCS. The number of nitrogens with zero attached hydrogens (tertiary/aromatic N) is 1. The maximum absolute atomic E-state index is 4.16. The first-order chi connectivity index (χ1) is 5.27. The highest BCUT2D eigenvalue weighted by Gasteiger charge is 1.91. The zero-order valence-electron chi connectivity index (χ0n) is 7.55. The molecule has 0 aliphatic rings. The van der Waals surface area contributed by atoms with Gasteiger partial charge in [-0.3, -0.25) is 0 Å². The maximum atomic E-state index is 4.16. The molecular formula is C8H19NS2. The summed E-state index contributed by atoms with van der Waals surface area (Å²) in [5, 5.41) is 0. The Labute approximate surface area is 80.3 Å². The van der Waals surface area contributed by atoms with Crippen LogP contribution in [0.25, 0.3) is 0 Å². The first-order valence-corrected chi connectivity index (χ1v) is 5.89. The molecule has 0 fully saturated rings. The molecule has 3 heteroatoms. The number of unbranched alkanes of at least 4 members (excludes halogenated alkanes) is 1. The van der Waals surface area contributed by atoms with Crippen molar-refractivity contribution >= 4 is 24.4 Å². The van der Waals surface area contributed by atoms with Gasteiger partial charge in [0.15, 0.2) is 0 Å². The van der Waals surface area contributed by atoms with Crippen LogP contribution in [-0.2, 0) is 0 Å². The zero-order valence-corrected chi connectivity index (χ0v) is 9.26. The van der Waals surface area contributed by atoms with Gasteiger partial charge in [0, 0.05) is 12.3 Å². The Bertz CT molecular complexity index is 76.5.